The van der Waals surface area contributed by atoms with Gasteiger partial charge in [-0.05, 0) is 42.3 Å². The number of aliphatic carboxylic acids is 1. The number of nitrogens with one attached hydrogen (secondary N) is 1. The minimum atomic E-state index is -0.899. The van der Waals surface area contributed by atoms with E-state index < -0.39 is 11.4 Å². The van der Waals surface area contributed by atoms with Crippen LogP contribution in [-0.2, 0) is 10.2 Å². The number of nitriles is 1. The first-order chi connectivity index (χ1) is 12.1. The van der Waals surface area contributed by atoms with E-state index in [2.05, 4.69) is 27.6 Å². The summed E-state index contributed by atoms with van der Waals surface area (Å²) in [5.74, 6) is 5.90. The highest BCUT2D eigenvalue weighted by Crippen LogP contribution is 2.50. The molecule has 2 N–H and O–H groups in total. The Morgan fingerprint density at radius 2 is 2.20 bits per heavy atom. The second-order valence-electron chi connectivity index (χ2n) is 5.70. The molecule has 1 aliphatic rings. The van der Waals surface area contributed by atoms with Crippen LogP contribution in [0.15, 0.2) is 21.0 Å². The molecule has 0 bridgehead atoms. The van der Waals surface area contributed by atoms with E-state index in [0.29, 0.717) is 46.0 Å². The van der Waals surface area contributed by atoms with Crippen molar-refractivity contribution < 1.29 is 18.7 Å². The highest BCUT2D eigenvalue weighted by atomic mass is 32.1. The second kappa shape index (κ2) is 5.40. The quantitative estimate of drug-likeness (QED) is 0.696. The van der Waals surface area contributed by atoms with Gasteiger partial charge in [-0.3, -0.25) is 4.79 Å². The number of rotatable bonds is 3. The van der Waals surface area contributed by atoms with Crippen molar-refractivity contribution in [2.45, 2.75) is 18.3 Å². The first-order valence-electron chi connectivity index (χ1n) is 7.44. The predicted molar refractivity (Wildman–Crippen MR) is 89.4 cm³/mol. The summed E-state index contributed by atoms with van der Waals surface area (Å²) in [5.41, 5.74) is 0.166. The normalized spacial score (nSPS) is 14.6. The standard InChI is InChI=1S/C17H11N3O4S/c1-19-14-11(20-25-12(14)8-18)3-2-10-6-9-7-13(24-15(9)23-10)17(4-5-17)16(21)22/h6-7,19H,4-5H2,1H3,(H,21,22). The third-order valence-electron chi connectivity index (χ3n) is 4.19. The van der Waals surface area contributed by atoms with Crippen LogP contribution in [0.4, 0.5) is 5.69 Å². The first kappa shape index (κ1) is 15.3. The average Bonchev–Trinajstić information content (AvgIpc) is 2.97. The monoisotopic (exact) mass is 353 g/mol. The molecule has 1 aliphatic carbocycles. The van der Waals surface area contributed by atoms with Crippen molar-refractivity contribution in [1.82, 2.24) is 4.37 Å². The number of carboxylic acids is 1. The van der Waals surface area contributed by atoms with Gasteiger partial charge in [-0.1, -0.05) is 0 Å². The summed E-state index contributed by atoms with van der Waals surface area (Å²) in [7, 11) is 1.70. The summed E-state index contributed by atoms with van der Waals surface area (Å²) in [5, 5.41) is 21.9. The molecule has 4 rings (SSSR count). The fourth-order valence-electron chi connectivity index (χ4n) is 2.63. The van der Waals surface area contributed by atoms with E-state index in [9.17, 15) is 9.90 Å². The van der Waals surface area contributed by atoms with Gasteiger partial charge in [-0.15, -0.1) is 0 Å². The van der Waals surface area contributed by atoms with Gasteiger partial charge in [0.25, 0.3) is 5.78 Å². The summed E-state index contributed by atoms with van der Waals surface area (Å²) in [6, 6.07) is 5.45. The van der Waals surface area contributed by atoms with Crippen LogP contribution in [-0.4, -0.2) is 22.5 Å². The third kappa shape index (κ3) is 2.35. The molecular weight excluding hydrogens is 342 g/mol. The number of anilines is 1. The summed E-state index contributed by atoms with van der Waals surface area (Å²) >= 11 is 1.08. The number of carbonyl (C=O) groups is 1. The van der Waals surface area contributed by atoms with Crippen molar-refractivity contribution in [1.29, 1.82) is 5.26 Å². The maximum Gasteiger partial charge on any atom is 0.317 e. The lowest BCUT2D eigenvalue weighted by Crippen LogP contribution is -2.18. The Morgan fingerprint density at radius 3 is 2.80 bits per heavy atom. The number of hydrogen-bond acceptors (Lipinski definition) is 7. The molecule has 7 nitrogen and oxygen atoms in total. The Balaban J connectivity index is 1.65. The molecule has 3 heterocycles. The van der Waals surface area contributed by atoms with Crippen LogP contribution in [0.5, 0.6) is 0 Å². The van der Waals surface area contributed by atoms with Crippen molar-refractivity contribution >= 4 is 34.4 Å². The third-order valence-corrected chi connectivity index (χ3v) is 4.94. The van der Waals surface area contributed by atoms with Gasteiger partial charge in [0.05, 0.1) is 11.1 Å². The minimum Gasteiger partial charge on any atom is -0.480 e. The van der Waals surface area contributed by atoms with Crippen molar-refractivity contribution in [2.75, 3.05) is 12.4 Å². The Labute approximate surface area is 146 Å². The number of fused-ring (bicyclic) bond motifs is 1. The Bertz CT molecular complexity index is 1070. The summed E-state index contributed by atoms with van der Waals surface area (Å²) in [4.78, 5) is 11.8. The maximum absolute atomic E-state index is 11.3. The Hall–Kier alpha value is -3.23. The van der Waals surface area contributed by atoms with Crippen molar-refractivity contribution in [3.05, 3.63) is 34.2 Å². The van der Waals surface area contributed by atoms with Crippen LogP contribution >= 0.6 is 11.5 Å². The van der Waals surface area contributed by atoms with E-state index in [-0.39, 0.29) is 5.78 Å². The fourth-order valence-corrected chi connectivity index (χ4v) is 3.28. The molecule has 1 saturated carbocycles. The molecule has 0 spiro atoms. The van der Waals surface area contributed by atoms with Gasteiger partial charge in [0, 0.05) is 13.1 Å². The van der Waals surface area contributed by atoms with Crippen LogP contribution in [0.1, 0.15) is 34.9 Å². The topological polar surface area (TPSA) is 112 Å². The molecule has 0 radical (unpaired) electrons. The summed E-state index contributed by atoms with van der Waals surface area (Å²) in [6.07, 6.45) is 1.14. The second-order valence-corrected chi connectivity index (χ2v) is 6.47. The molecule has 1 fully saturated rings. The molecule has 0 atom stereocenters. The van der Waals surface area contributed by atoms with E-state index >= 15 is 0 Å². The zero-order valence-corrected chi connectivity index (χ0v) is 13.9. The van der Waals surface area contributed by atoms with Gasteiger partial charge < -0.3 is 19.3 Å². The lowest BCUT2D eigenvalue weighted by molar-refractivity contribution is -0.140. The van der Waals surface area contributed by atoms with Crippen molar-refractivity contribution in [2.24, 2.45) is 0 Å². The molecular formula is C17H11N3O4S. The lowest BCUT2D eigenvalue weighted by atomic mass is 10.0. The number of furan rings is 2. The highest BCUT2D eigenvalue weighted by Gasteiger charge is 2.54. The molecule has 3 aromatic rings. The zero-order chi connectivity index (χ0) is 17.6. The molecule has 0 aliphatic heterocycles. The van der Waals surface area contributed by atoms with Crippen molar-refractivity contribution in [3.63, 3.8) is 0 Å². The van der Waals surface area contributed by atoms with Gasteiger partial charge in [0.1, 0.15) is 22.1 Å². The highest BCUT2D eigenvalue weighted by molar-refractivity contribution is 7.07. The van der Waals surface area contributed by atoms with E-state index in [0.717, 1.165) is 11.5 Å². The van der Waals surface area contributed by atoms with Crippen molar-refractivity contribution in [3.8, 4) is 17.9 Å². The van der Waals surface area contributed by atoms with Gasteiger partial charge in [0.15, 0.2) is 11.5 Å². The van der Waals surface area contributed by atoms with Gasteiger partial charge in [-0.25, -0.2) is 0 Å². The smallest absolute Gasteiger partial charge is 0.317 e. The van der Waals surface area contributed by atoms with E-state index in [1.807, 2.05) is 0 Å². The molecule has 0 amide bonds. The number of hydrogen-bond donors (Lipinski definition) is 2. The number of carboxylic acid groups (broad SMARTS) is 1. The number of nitrogens with zero attached hydrogens (tertiary/aromatic N) is 2. The SMILES string of the molecule is CNc1c(C#Cc2cc3cc(C4(C(=O)O)CC4)oc3o2)nsc1C#N. The van der Waals surface area contributed by atoms with Crippen LogP contribution in [0.2, 0.25) is 0 Å². The Kier molecular flexibility index (Phi) is 3.31. The molecule has 124 valence electrons. The first-order valence-corrected chi connectivity index (χ1v) is 8.21. The molecule has 0 saturated heterocycles. The summed E-state index contributed by atoms with van der Waals surface area (Å²) < 4.78 is 15.2. The van der Waals surface area contributed by atoms with Gasteiger partial charge >= 0.3 is 5.97 Å². The lowest BCUT2D eigenvalue weighted by Gasteiger charge is -2.03. The molecule has 8 heteroatoms. The number of aromatic nitrogens is 1. The predicted octanol–water partition coefficient (Wildman–Crippen LogP) is 2.91. The fraction of sp³-hybridized carbons (Fsp3) is 0.235. The zero-order valence-electron chi connectivity index (χ0n) is 13.0. The van der Waals surface area contributed by atoms with Crippen LogP contribution in [0.25, 0.3) is 11.2 Å². The maximum atomic E-state index is 11.3. The Morgan fingerprint density at radius 1 is 1.40 bits per heavy atom. The average molecular weight is 353 g/mol. The summed E-state index contributed by atoms with van der Waals surface area (Å²) in [6.45, 7) is 0. The van der Waals surface area contributed by atoms with Crippen LogP contribution in [0, 0.1) is 23.2 Å². The van der Waals surface area contributed by atoms with Crippen LogP contribution in [0.3, 0.4) is 0 Å². The van der Waals surface area contributed by atoms with Gasteiger partial charge in [0.2, 0.25) is 0 Å². The minimum absolute atomic E-state index is 0.261. The largest absolute Gasteiger partial charge is 0.480 e. The van der Waals surface area contributed by atoms with Crippen LogP contribution < -0.4 is 5.32 Å². The molecule has 25 heavy (non-hydrogen) atoms. The van der Waals surface area contributed by atoms with E-state index in [4.69, 9.17) is 14.1 Å². The van der Waals surface area contributed by atoms with E-state index in [1.54, 1.807) is 19.2 Å². The van der Waals surface area contributed by atoms with Gasteiger partial charge in [-0.2, -0.15) is 9.64 Å². The van der Waals surface area contributed by atoms with E-state index in [1.165, 1.54) is 0 Å². The molecule has 0 unspecified atom stereocenters. The molecule has 0 aromatic carbocycles. The molecule has 3 aromatic heterocycles.